The van der Waals surface area contributed by atoms with Crippen LogP contribution in [-0.4, -0.2) is 44.5 Å². The van der Waals surface area contributed by atoms with Gasteiger partial charge in [0.25, 0.3) is 0 Å². The van der Waals surface area contributed by atoms with Gasteiger partial charge in [0.05, 0.1) is 29.1 Å². The van der Waals surface area contributed by atoms with Crippen LogP contribution in [0.2, 0.25) is 0 Å². The van der Waals surface area contributed by atoms with Crippen molar-refractivity contribution in [2.24, 2.45) is 0 Å². The largest absolute Gasteiger partial charge is 0.369 e. The summed E-state index contributed by atoms with van der Waals surface area (Å²) in [5.41, 5.74) is 2.04. The Morgan fingerprint density at radius 3 is 2.81 bits per heavy atom. The minimum absolute atomic E-state index is 0.239. The van der Waals surface area contributed by atoms with E-state index in [0.29, 0.717) is 18.7 Å². The molecule has 0 saturated carbocycles. The highest BCUT2D eigenvalue weighted by Crippen LogP contribution is 2.18. The molecule has 0 amide bonds. The van der Waals surface area contributed by atoms with Crippen molar-refractivity contribution in [1.82, 2.24) is 10.3 Å². The molecule has 0 aliphatic carbocycles. The summed E-state index contributed by atoms with van der Waals surface area (Å²) in [5, 5.41) is 3.41. The summed E-state index contributed by atoms with van der Waals surface area (Å²) in [6.07, 6.45) is 3.65. The van der Waals surface area contributed by atoms with Gasteiger partial charge in [0, 0.05) is 19.1 Å². The highest BCUT2D eigenvalue weighted by Gasteiger charge is 2.19. The summed E-state index contributed by atoms with van der Waals surface area (Å²) in [6, 6.07) is 4.32. The first-order valence-electron chi connectivity index (χ1n) is 7.66. The lowest BCUT2D eigenvalue weighted by molar-refractivity contribution is 0.558. The number of sulfone groups is 1. The van der Waals surface area contributed by atoms with Crippen molar-refractivity contribution in [3.8, 4) is 0 Å². The van der Waals surface area contributed by atoms with Gasteiger partial charge in [0.15, 0.2) is 9.84 Å². The lowest BCUT2D eigenvalue weighted by atomic mass is 10.2. The van der Waals surface area contributed by atoms with E-state index in [-0.39, 0.29) is 11.8 Å². The van der Waals surface area contributed by atoms with E-state index >= 15 is 0 Å². The Bertz CT molecular complexity index is 543. The fourth-order valence-electron chi connectivity index (χ4n) is 2.50. The standard InChI is InChI=1S/C15H25N3O2S/c1-3-7-16-13(2)15-6-5-14(12-17-15)18-8-4-10-21(19,20)11-9-18/h5-6,12-13,16H,3-4,7-11H2,1-2H3. The lowest BCUT2D eigenvalue weighted by Gasteiger charge is -2.22. The Hall–Kier alpha value is -1.14. The second kappa shape index (κ2) is 7.22. The van der Waals surface area contributed by atoms with Gasteiger partial charge in [0.1, 0.15) is 0 Å². The van der Waals surface area contributed by atoms with E-state index in [9.17, 15) is 8.42 Å². The van der Waals surface area contributed by atoms with Crippen molar-refractivity contribution >= 4 is 15.5 Å². The zero-order valence-corrected chi connectivity index (χ0v) is 13.7. The molecule has 118 valence electrons. The molecular formula is C15H25N3O2S. The topological polar surface area (TPSA) is 62.3 Å². The van der Waals surface area contributed by atoms with Crippen LogP contribution < -0.4 is 10.2 Å². The quantitative estimate of drug-likeness (QED) is 0.898. The molecular weight excluding hydrogens is 286 g/mol. The van der Waals surface area contributed by atoms with Gasteiger partial charge in [-0.2, -0.15) is 0 Å². The van der Waals surface area contributed by atoms with Crippen LogP contribution in [-0.2, 0) is 9.84 Å². The van der Waals surface area contributed by atoms with Gasteiger partial charge in [-0.3, -0.25) is 4.98 Å². The number of nitrogens with zero attached hydrogens (tertiary/aromatic N) is 2. The minimum atomic E-state index is -2.86. The lowest BCUT2D eigenvalue weighted by Crippen LogP contribution is -2.27. The van der Waals surface area contributed by atoms with Crippen molar-refractivity contribution in [3.05, 3.63) is 24.0 Å². The molecule has 1 N–H and O–H groups in total. The minimum Gasteiger partial charge on any atom is -0.369 e. The predicted octanol–water partition coefficient (Wildman–Crippen LogP) is 1.77. The van der Waals surface area contributed by atoms with Gasteiger partial charge in [-0.15, -0.1) is 0 Å². The van der Waals surface area contributed by atoms with Crippen molar-refractivity contribution in [1.29, 1.82) is 0 Å². The molecule has 5 nitrogen and oxygen atoms in total. The van der Waals surface area contributed by atoms with Crippen molar-refractivity contribution in [2.45, 2.75) is 32.7 Å². The Labute approximate surface area is 127 Å². The van der Waals surface area contributed by atoms with Crippen LogP contribution in [0.5, 0.6) is 0 Å². The molecule has 1 saturated heterocycles. The molecule has 1 aromatic heterocycles. The predicted molar refractivity (Wildman–Crippen MR) is 86.4 cm³/mol. The van der Waals surface area contributed by atoms with Crippen LogP contribution >= 0.6 is 0 Å². The summed E-state index contributed by atoms with van der Waals surface area (Å²) in [5.74, 6) is 0.538. The van der Waals surface area contributed by atoms with Crippen LogP contribution in [0.4, 0.5) is 5.69 Å². The fourth-order valence-corrected chi connectivity index (χ4v) is 3.77. The fraction of sp³-hybridized carbons (Fsp3) is 0.667. The molecule has 0 bridgehead atoms. The summed E-state index contributed by atoms with van der Waals surface area (Å²) >= 11 is 0. The molecule has 0 aromatic carbocycles. The number of rotatable bonds is 5. The SMILES string of the molecule is CCCNC(C)c1ccc(N2CCCS(=O)(=O)CC2)cn1. The Morgan fingerprint density at radius 2 is 2.14 bits per heavy atom. The van der Waals surface area contributed by atoms with E-state index in [4.69, 9.17) is 0 Å². The first-order chi connectivity index (χ1) is 10.0. The summed E-state index contributed by atoms with van der Waals surface area (Å²) in [4.78, 5) is 6.64. The van der Waals surface area contributed by atoms with Crippen LogP contribution in [0.1, 0.15) is 38.4 Å². The smallest absolute Gasteiger partial charge is 0.152 e. The zero-order valence-electron chi connectivity index (χ0n) is 12.9. The van der Waals surface area contributed by atoms with Gasteiger partial charge < -0.3 is 10.2 Å². The highest BCUT2D eigenvalue weighted by molar-refractivity contribution is 7.91. The van der Waals surface area contributed by atoms with E-state index < -0.39 is 9.84 Å². The van der Waals surface area contributed by atoms with Crippen molar-refractivity contribution in [3.63, 3.8) is 0 Å². The molecule has 1 aromatic rings. The van der Waals surface area contributed by atoms with Gasteiger partial charge in [0.2, 0.25) is 0 Å². The molecule has 0 radical (unpaired) electrons. The third-order valence-corrected chi connectivity index (χ3v) is 5.55. The normalized spacial score (nSPS) is 20.0. The number of pyridine rings is 1. The maximum absolute atomic E-state index is 11.6. The van der Waals surface area contributed by atoms with Gasteiger partial charge >= 0.3 is 0 Å². The van der Waals surface area contributed by atoms with Crippen LogP contribution in [0, 0.1) is 0 Å². The molecule has 6 heteroatoms. The van der Waals surface area contributed by atoms with Crippen LogP contribution in [0.15, 0.2) is 18.3 Å². The molecule has 1 aliphatic heterocycles. The second-order valence-electron chi connectivity index (χ2n) is 5.61. The third-order valence-electron chi connectivity index (χ3n) is 3.84. The number of nitrogens with one attached hydrogen (secondary N) is 1. The molecule has 21 heavy (non-hydrogen) atoms. The number of anilines is 1. The average Bonchev–Trinajstić information content (AvgIpc) is 2.66. The monoisotopic (exact) mass is 311 g/mol. The Balaban J connectivity index is 2.01. The number of hydrogen-bond donors (Lipinski definition) is 1. The maximum atomic E-state index is 11.6. The second-order valence-corrected chi connectivity index (χ2v) is 7.91. The zero-order chi connectivity index (χ0) is 15.3. The Kier molecular flexibility index (Phi) is 5.58. The average molecular weight is 311 g/mol. The molecule has 2 rings (SSSR count). The molecule has 1 atom stereocenters. The van der Waals surface area contributed by atoms with Crippen LogP contribution in [0.25, 0.3) is 0 Å². The van der Waals surface area contributed by atoms with E-state index in [2.05, 4.69) is 29.0 Å². The summed E-state index contributed by atoms with van der Waals surface area (Å²) in [7, 11) is -2.86. The van der Waals surface area contributed by atoms with Gasteiger partial charge in [-0.1, -0.05) is 6.92 Å². The Morgan fingerprint density at radius 1 is 1.33 bits per heavy atom. The van der Waals surface area contributed by atoms with Gasteiger partial charge in [-0.25, -0.2) is 8.42 Å². The number of aromatic nitrogens is 1. The maximum Gasteiger partial charge on any atom is 0.152 e. The van der Waals surface area contributed by atoms with Crippen molar-refractivity contribution < 1.29 is 8.42 Å². The van der Waals surface area contributed by atoms with E-state index in [0.717, 1.165) is 30.9 Å². The summed E-state index contributed by atoms with van der Waals surface area (Å²) < 4.78 is 23.3. The molecule has 2 heterocycles. The van der Waals surface area contributed by atoms with Gasteiger partial charge in [-0.05, 0) is 38.4 Å². The van der Waals surface area contributed by atoms with E-state index in [1.165, 1.54) is 0 Å². The molecule has 1 unspecified atom stereocenters. The summed E-state index contributed by atoms with van der Waals surface area (Å²) in [6.45, 7) is 6.57. The number of hydrogen-bond acceptors (Lipinski definition) is 5. The third kappa shape index (κ3) is 4.68. The highest BCUT2D eigenvalue weighted by atomic mass is 32.2. The molecule has 1 aliphatic rings. The molecule has 1 fully saturated rings. The first-order valence-corrected chi connectivity index (χ1v) is 9.48. The van der Waals surface area contributed by atoms with Crippen molar-refractivity contribution in [2.75, 3.05) is 36.0 Å². The van der Waals surface area contributed by atoms with E-state index in [1.807, 2.05) is 18.3 Å². The van der Waals surface area contributed by atoms with Crippen LogP contribution in [0.3, 0.4) is 0 Å². The molecule has 0 spiro atoms. The van der Waals surface area contributed by atoms with E-state index in [1.54, 1.807) is 0 Å². The first kappa shape index (κ1) is 16.2.